The van der Waals surface area contributed by atoms with Crippen LogP contribution in [-0.4, -0.2) is 34.8 Å². The second kappa shape index (κ2) is 5.41. The fraction of sp³-hybridized carbons (Fsp3) is 0.312. The Morgan fingerprint density at radius 2 is 1.90 bits per heavy atom. The minimum Gasteiger partial charge on any atom is -0.362 e. The first-order valence-electron chi connectivity index (χ1n) is 6.90. The summed E-state index contributed by atoms with van der Waals surface area (Å²) in [5, 5.41) is 0. The summed E-state index contributed by atoms with van der Waals surface area (Å²) < 4.78 is 0. The Hall–Kier alpha value is -2.23. The highest BCUT2D eigenvalue weighted by Crippen LogP contribution is 2.27. The third kappa shape index (κ3) is 2.41. The number of aliphatic imine (C=N–C) groups is 1. The largest absolute Gasteiger partial charge is 0.362 e. The van der Waals surface area contributed by atoms with Crippen molar-refractivity contribution in [1.82, 2.24) is 14.9 Å². The molecule has 1 aliphatic rings. The van der Waals surface area contributed by atoms with Gasteiger partial charge in [-0.15, -0.1) is 0 Å². The SMILES string of the molecule is CN(C)C(=Nc1ncnc2c1CCC2)c1ccccc1. The normalized spacial score (nSPS) is 14.2. The average Bonchev–Trinajstić information content (AvgIpc) is 2.94. The first kappa shape index (κ1) is 12.8. The molecule has 4 heteroatoms. The van der Waals surface area contributed by atoms with Gasteiger partial charge in [0.2, 0.25) is 0 Å². The molecule has 0 unspecified atom stereocenters. The van der Waals surface area contributed by atoms with E-state index >= 15 is 0 Å². The van der Waals surface area contributed by atoms with Crippen LogP contribution < -0.4 is 0 Å². The standard InChI is InChI=1S/C16H18N4/c1-20(2)16(12-7-4-3-5-8-12)19-15-13-9-6-10-14(13)17-11-18-15/h3-5,7-8,11H,6,9-10H2,1-2H3. The van der Waals surface area contributed by atoms with Crippen LogP contribution in [0.4, 0.5) is 5.82 Å². The van der Waals surface area contributed by atoms with Gasteiger partial charge in [0.25, 0.3) is 0 Å². The lowest BCUT2D eigenvalue weighted by Crippen LogP contribution is -2.23. The average molecular weight is 266 g/mol. The van der Waals surface area contributed by atoms with Crippen LogP contribution in [0.1, 0.15) is 23.2 Å². The van der Waals surface area contributed by atoms with Gasteiger partial charge in [-0.1, -0.05) is 30.3 Å². The highest BCUT2D eigenvalue weighted by molar-refractivity contribution is 5.99. The maximum absolute atomic E-state index is 4.79. The first-order valence-corrected chi connectivity index (χ1v) is 6.90. The molecule has 20 heavy (non-hydrogen) atoms. The van der Waals surface area contributed by atoms with E-state index in [1.807, 2.05) is 37.2 Å². The van der Waals surface area contributed by atoms with Crippen molar-refractivity contribution in [2.75, 3.05) is 14.1 Å². The van der Waals surface area contributed by atoms with Gasteiger partial charge in [-0.25, -0.2) is 15.0 Å². The van der Waals surface area contributed by atoms with Gasteiger partial charge < -0.3 is 4.90 Å². The summed E-state index contributed by atoms with van der Waals surface area (Å²) >= 11 is 0. The predicted molar refractivity (Wildman–Crippen MR) is 80.4 cm³/mol. The van der Waals surface area contributed by atoms with Gasteiger partial charge in [0.15, 0.2) is 5.82 Å². The molecule has 1 aromatic heterocycles. The molecule has 1 heterocycles. The number of aromatic nitrogens is 2. The molecular weight excluding hydrogens is 248 g/mol. The van der Waals surface area contributed by atoms with Crippen molar-refractivity contribution in [1.29, 1.82) is 0 Å². The summed E-state index contributed by atoms with van der Waals surface area (Å²) in [4.78, 5) is 15.5. The smallest absolute Gasteiger partial charge is 0.161 e. The molecule has 1 aliphatic carbocycles. The van der Waals surface area contributed by atoms with Gasteiger partial charge in [-0.2, -0.15) is 0 Å². The summed E-state index contributed by atoms with van der Waals surface area (Å²) in [5.41, 5.74) is 3.47. The Kier molecular flexibility index (Phi) is 3.46. The number of nitrogens with zero attached hydrogens (tertiary/aromatic N) is 4. The van der Waals surface area contributed by atoms with E-state index in [0.29, 0.717) is 0 Å². The van der Waals surface area contributed by atoms with E-state index in [9.17, 15) is 0 Å². The van der Waals surface area contributed by atoms with Gasteiger partial charge in [0.05, 0.1) is 0 Å². The van der Waals surface area contributed by atoms with Crippen LogP contribution in [0.5, 0.6) is 0 Å². The van der Waals surface area contributed by atoms with Crippen molar-refractivity contribution < 1.29 is 0 Å². The second-order valence-corrected chi connectivity index (χ2v) is 5.17. The van der Waals surface area contributed by atoms with Gasteiger partial charge in [0, 0.05) is 30.9 Å². The number of aryl methyl sites for hydroxylation is 1. The van der Waals surface area contributed by atoms with Crippen LogP contribution in [0.15, 0.2) is 41.7 Å². The Balaban J connectivity index is 2.07. The predicted octanol–water partition coefficient (Wildman–Crippen LogP) is 2.61. The van der Waals surface area contributed by atoms with Gasteiger partial charge >= 0.3 is 0 Å². The monoisotopic (exact) mass is 266 g/mol. The maximum Gasteiger partial charge on any atom is 0.161 e. The molecule has 0 spiro atoms. The van der Waals surface area contributed by atoms with Crippen LogP contribution in [0.2, 0.25) is 0 Å². The number of rotatable bonds is 2. The van der Waals surface area contributed by atoms with E-state index in [1.54, 1.807) is 6.33 Å². The molecule has 0 amide bonds. The van der Waals surface area contributed by atoms with Crippen molar-refractivity contribution >= 4 is 11.7 Å². The van der Waals surface area contributed by atoms with Crippen molar-refractivity contribution in [2.24, 2.45) is 4.99 Å². The molecular formula is C16H18N4. The molecule has 102 valence electrons. The number of amidine groups is 1. The lowest BCUT2D eigenvalue weighted by Gasteiger charge is -2.16. The quantitative estimate of drug-likeness (QED) is 0.620. The molecule has 0 saturated carbocycles. The highest BCUT2D eigenvalue weighted by Gasteiger charge is 2.17. The molecule has 0 aliphatic heterocycles. The van der Waals surface area contributed by atoms with Crippen LogP contribution in [0, 0.1) is 0 Å². The maximum atomic E-state index is 4.79. The molecule has 3 rings (SSSR count). The van der Waals surface area contributed by atoms with Gasteiger partial charge in [-0.3, -0.25) is 0 Å². The Labute approximate surface area is 119 Å². The zero-order valence-electron chi connectivity index (χ0n) is 11.9. The summed E-state index contributed by atoms with van der Waals surface area (Å²) in [6.07, 6.45) is 4.86. The Morgan fingerprint density at radius 3 is 2.65 bits per heavy atom. The van der Waals surface area contributed by atoms with Crippen LogP contribution in [0.3, 0.4) is 0 Å². The zero-order valence-corrected chi connectivity index (χ0v) is 11.9. The number of hydrogen-bond acceptors (Lipinski definition) is 3. The van der Waals surface area contributed by atoms with Crippen LogP contribution >= 0.6 is 0 Å². The molecule has 0 saturated heterocycles. The van der Waals surface area contributed by atoms with Crippen molar-refractivity contribution in [3.05, 3.63) is 53.5 Å². The molecule has 2 aromatic rings. The minimum absolute atomic E-state index is 0.819. The van der Waals surface area contributed by atoms with Crippen LogP contribution in [-0.2, 0) is 12.8 Å². The summed E-state index contributed by atoms with van der Waals surface area (Å²) in [5.74, 6) is 1.75. The van der Waals surface area contributed by atoms with E-state index in [4.69, 9.17) is 4.99 Å². The topological polar surface area (TPSA) is 41.4 Å². The molecule has 4 nitrogen and oxygen atoms in total. The van der Waals surface area contributed by atoms with E-state index < -0.39 is 0 Å². The zero-order chi connectivity index (χ0) is 13.9. The summed E-state index contributed by atoms with van der Waals surface area (Å²) in [6.45, 7) is 0. The fourth-order valence-electron chi connectivity index (χ4n) is 2.55. The third-order valence-electron chi connectivity index (χ3n) is 3.52. The molecule has 0 bridgehead atoms. The molecule has 0 atom stereocenters. The second-order valence-electron chi connectivity index (χ2n) is 5.17. The fourth-order valence-corrected chi connectivity index (χ4v) is 2.55. The lowest BCUT2D eigenvalue weighted by molar-refractivity contribution is 0.623. The number of benzene rings is 1. The highest BCUT2D eigenvalue weighted by atomic mass is 15.2. The van der Waals surface area contributed by atoms with Crippen molar-refractivity contribution in [3.8, 4) is 0 Å². The number of hydrogen-bond donors (Lipinski definition) is 0. The lowest BCUT2D eigenvalue weighted by atomic mass is 10.2. The van der Waals surface area contributed by atoms with E-state index in [0.717, 1.165) is 42.2 Å². The summed E-state index contributed by atoms with van der Waals surface area (Å²) in [6, 6.07) is 10.2. The minimum atomic E-state index is 0.819. The number of fused-ring (bicyclic) bond motifs is 1. The molecule has 0 radical (unpaired) electrons. The first-order chi connectivity index (χ1) is 9.75. The van der Waals surface area contributed by atoms with E-state index in [1.165, 1.54) is 5.56 Å². The Morgan fingerprint density at radius 1 is 1.10 bits per heavy atom. The summed E-state index contributed by atoms with van der Waals surface area (Å²) in [7, 11) is 4.01. The molecule has 0 fully saturated rings. The van der Waals surface area contributed by atoms with Gasteiger partial charge in [-0.05, 0) is 19.3 Å². The molecule has 1 aromatic carbocycles. The van der Waals surface area contributed by atoms with E-state index in [2.05, 4.69) is 22.1 Å². The van der Waals surface area contributed by atoms with Gasteiger partial charge in [0.1, 0.15) is 12.2 Å². The van der Waals surface area contributed by atoms with Crippen molar-refractivity contribution in [2.45, 2.75) is 19.3 Å². The van der Waals surface area contributed by atoms with Crippen LogP contribution in [0.25, 0.3) is 0 Å². The third-order valence-corrected chi connectivity index (χ3v) is 3.52. The molecule has 0 N–H and O–H groups in total. The van der Waals surface area contributed by atoms with E-state index in [-0.39, 0.29) is 0 Å². The Bertz CT molecular complexity index is 632. The van der Waals surface area contributed by atoms with Crippen molar-refractivity contribution in [3.63, 3.8) is 0 Å².